The first-order valence-corrected chi connectivity index (χ1v) is 7.45. The number of carboxylic acids is 1. The summed E-state index contributed by atoms with van der Waals surface area (Å²) in [5.41, 5.74) is -0.528. The minimum Gasteiger partial charge on any atom is -0.478 e. The molecule has 0 aromatic rings. The summed E-state index contributed by atoms with van der Waals surface area (Å²) in [7, 11) is 1.35. The first-order valence-electron chi connectivity index (χ1n) is 5.65. The maximum absolute atomic E-state index is 10.8. The number of carboxylic acid groups (broad SMARTS) is 1. The van der Waals surface area contributed by atoms with Crippen LogP contribution in [0.2, 0.25) is 0 Å². The maximum Gasteiger partial charge on any atom is 0.531 e. The zero-order valence-electron chi connectivity index (χ0n) is 11.4. The van der Waals surface area contributed by atoms with Crippen molar-refractivity contribution in [1.82, 2.24) is 0 Å². The minimum atomic E-state index is -3.04. The van der Waals surface area contributed by atoms with Gasteiger partial charge in [0.1, 0.15) is 5.73 Å². The SMILES string of the molecule is C=C(CC(OCCC)[Si](OC)(OC)OC)C(=O)O. The van der Waals surface area contributed by atoms with Gasteiger partial charge in [-0.2, -0.15) is 0 Å². The van der Waals surface area contributed by atoms with Gasteiger partial charge in [-0.1, -0.05) is 13.5 Å². The van der Waals surface area contributed by atoms with Gasteiger partial charge in [-0.15, -0.1) is 0 Å². The zero-order chi connectivity index (χ0) is 14.2. The van der Waals surface area contributed by atoms with E-state index in [9.17, 15) is 4.79 Å². The fraction of sp³-hybridized carbons (Fsp3) is 0.727. The predicted molar refractivity (Wildman–Crippen MR) is 68.2 cm³/mol. The van der Waals surface area contributed by atoms with Crippen molar-refractivity contribution in [2.45, 2.75) is 25.5 Å². The van der Waals surface area contributed by atoms with E-state index >= 15 is 0 Å². The van der Waals surface area contributed by atoms with Gasteiger partial charge in [-0.05, 0) is 6.42 Å². The summed E-state index contributed by atoms with van der Waals surface area (Å²) in [6, 6.07) is 0. The number of rotatable bonds is 10. The molecule has 0 aliphatic heterocycles. The highest BCUT2D eigenvalue weighted by Gasteiger charge is 2.49. The van der Waals surface area contributed by atoms with Crippen LogP contribution in [0.4, 0.5) is 0 Å². The van der Waals surface area contributed by atoms with Crippen molar-refractivity contribution in [3.8, 4) is 0 Å². The lowest BCUT2D eigenvalue weighted by Crippen LogP contribution is -2.56. The van der Waals surface area contributed by atoms with Crippen LogP contribution in [0, 0.1) is 0 Å². The van der Waals surface area contributed by atoms with Crippen LogP contribution in [0.1, 0.15) is 19.8 Å². The molecule has 1 atom stereocenters. The molecule has 6 nitrogen and oxygen atoms in total. The Bertz CT molecular complexity index is 268. The molecule has 0 saturated heterocycles. The molecule has 18 heavy (non-hydrogen) atoms. The second kappa shape index (κ2) is 8.38. The lowest BCUT2D eigenvalue weighted by atomic mass is 10.2. The summed E-state index contributed by atoms with van der Waals surface area (Å²) in [6.07, 6.45) is 0.911. The van der Waals surface area contributed by atoms with Gasteiger partial charge in [0.2, 0.25) is 0 Å². The Balaban J connectivity index is 4.94. The Hall–Kier alpha value is -0.733. The van der Waals surface area contributed by atoms with E-state index in [0.29, 0.717) is 6.61 Å². The van der Waals surface area contributed by atoms with Crippen molar-refractivity contribution in [3.05, 3.63) is 12.2 Å². The van der Waals surface area contributed by atoms with Gasteiger partial charge in [-0.25, -0.2) is 4.79 Å². The van der Waals surface area contributed by atoms with Crippen molar-refractivity contribution in [1.29, 1.82) is 0 Å². The van der Waals surface area contributed by atoms with Crippen LogP contribution < -0.4 is 0 Å². The van der Waals surface area contributed by atoms with E-state index in [2.05, 4.69) is 6.58 Å². The molecule has 1 N–H and O–H groups in total. The largest absolute Gasteiger partial charge is 0.531 e. The van der Waals surface area contributed by atoms with Gasteiger partial charge in [0, 0.05) is 39.9 Å². The summed E-state index contributed by atoms with van der Waals surface area (Å²) < 4.78 is 21.5. The summed E-state index contributed by atoms with van der Waals surface area (Å²) in [5.74, 6) is -1.06. The van der Waals surface area contributed by atoms with Gasteiger partial charge in [0.25, 0.3) is 0 Å². The summed E-state index contributed by atoms with van der Waals surface area (Å²) in [6.45, 7) is 5.93. The van der Waals surface area contributed by atoms with Crippen LogP contribution >= 0.6 is 0 Å². The molecule has 0 saturated carbocycles. The van der Waals surface area contributed by atoms with Crippen LogP contribution in [0.3, 0.4) is 0 Å². The van der Waals surface area contributed by atoms with Crippen molar-refractivity contribution >= 4 is 14.8 Å². The van der Waals surface area contributed by atoms with Crippen molar-refractivity contribution in [2.75, 3.05) is 27.9 Å². The van der Waals surface area contributed by atoms with E-state index in [1.54, 1.807) is 0 Å². The van der Waals surface area contributed by atoms with Crippen LogP contribution in [0.5, 0.6) is 0 Å². The standard InChI is InChI=1S/C11H22O6Si/c1-6-7-17-10(8-9(2)11(12)13)18(14-3,15-4)16-5/h10H,2,6-8H2,1,3-5H3,(H,12,13). The smallest absolute Gasteiger partial charge is 0.478 e. The van der Waals surface area contributed by atoms with Gasteiger partial charge < -0.3 is 23.1 Å². The Labute approximate surface area is 109 Å². The van der Waals surface area contributed by atoms with Crippen LogP contribution in [0.25, 0.3) is 0 Å². The van der Waals surface area contributed by atoms with E-state index in [1.165, 1.54) is 21.3 Å². The van der Waals surface area contributed by atoms with E-state index in [1.807, 2.05) is 6.92 Å². The van der Waals surface area contributed by atoms with Gasteiger partial charge in [0.05, 0.1) is 0 Å². The molecule has 0 aromatic carbocycles. The molecule has 0 aliphatic carbocycles. The molecule has 0 aromatic heterocycles. The highest BCUT2D eigenvalue weighted by Crippen LogP contribution is 2.21. The third-order valence-electron chi connectivity index (χ3n) is 2.51. The number of carbonyl (C=O) groups is 1. The van der Waals surface area contributed by atoms with E-state index in [0.717, 1.165) is 6.42 Å². The lowest BCUT2D eigenvalue weighted by Gasteiger charge is -2.32. The first-order chi connectivity index (χ1) is 8.47. The van der Waals surface area contributed by atoms with Gasteiger partial charge in [0.15, 0.2) is 0 Å². The van der Waals surface area contributed by atoms with Gasteiger partial charge in [-0.3, -0.25) is 0 Å². The average Bonchev–Trinajstić information content (AvgIpc) is 2.37. The van der Waals surface area contributed by atoms with E-state index < -0.39 is 20.5 Å². The molecule has 0 aliphatic rings. The molecule has 7 heteroatoms. The molecule has 0 rings (SSSR count). The predicted octanol–water partition coefficient (Wildman–Crippen LogP) is 1.23. The molecule has 0 amide bonds. The molecule has 1 unspecified atom stereocenters. The van der Waals surface area contributed by atoms with Crippen molar-refractivity contribution in [3.63, 3.8) is 0 Å². The maximum atomic E-state index is 10.8. The second-order valence-electron chi connectivity index (χ2n) is 3.69. The number of hydrogen-bond acceptors (Lipinski definition) is 5. The Morgan fingerprint density at radius 1 is 1.28 bits per heavy atom. The fourth-order valence-electron chi connectivity index (χ4n) is 1.50. The molecule has 0 heterocycles. The number of aliphatic carboxylic acids is 1. The summed E-state index contributed by atoms with van der Waals surface area (Å²) in [5, 5.41) is 8.88. The Morgan fingerprint density at radius 2 is 1.78 bits per heavy atom. The fourth-order valence-corrected chi connectivity index (χ4v) is 3.61. The molecule has 0 spiro atoms. The van der Waals surface area contributed by atoms with Crippen LogP contribution in [0.15, 0.2) is 12.2 Å². The quantitative estimate of drug-likeness (QED) is 0.478. The van der Waals surface area contributed by atoms with Crippen LogP contribution in [-0.4, -0.2) is 53.5 Å². The molecule has 0 bridgehead atoms. The third kappa shape index (κ3) is 4.50. The monoisotopic (exact) mass is 278 g/mol. The van der Waals surface area contributed by atoms with Crippen molar-refractivity contribution in [2.24, 2.45) is 0 Å². The molecule has 0 fully saturated rings. The van der Waals surface area contributed by atoms with E-state index in [4.69, 9.17) is 23.1 Å². The third-order valence-corrected chi connectivity index (χ3v) is 5.37. The molecular weight excluding hydrogens is 256 g/mol. The average molecular weight is 278 g/mol. The zero-order valence-corrected chi connectivity index (χ0v) is 12.4. The summed E-state index contributed by atoms with van der Waals surface area (Å²) in [4.78, 5) is 10.8. The molecular formula is C11H22O6Si. The lowest BCUT2D eigenvalue weighted by molar-refractivity contribution is -0.133. The first kappa shape index (κ1) is 17.3. The normalized spacial score (nSPS) is 13.3. The number of hydrogen-bond donors (Lipinski definition) is 1. The molecule has 0 radical (unpaired) electrons. The summed E-state index contributed by atoms with van der Waals surface area (Å²) >= 11 is 0. The number of ether oxygens (including phenoxy) is 1. The minimum absolute atomic E-state index is 0.0409. The topological polar surface area (TPSA) is 74.2 Å². The molecule has 106 valence electrons. The van der Waals surface area contributed by atoms with Gasteiger partial charge >= 0.3 is 14.8 Å². The van der Waals surface area contributed by atoms with Crippen molar-refractivity contribution < 1.29 is 27.9 Å². The Morgan fingerprint density at radius 3 is 2.11 bits per heavy atom. The second-order valence-corrected chi connectivity index (χ2v) is 6.76. The van der Waals surface area contributed by atoms with Crippen LogP contribution in [-0.2, 0) is 22.8 Å². The highest BCUT2D eigenvalue weighted by atomic mass is 28.4. The van der Waals surface area contributed by atoms with E-state index in [-0.39, 0.29) is 12.0 Å². The highest BCUT2D eigenvalue weighted by molar-refractivity contribution is 6.62. The Kier molecular flexibility index (Phi) is 8.04.